The number of amides is 1. The lowest BCUT2D eigenvalue weighted by Crippen LogP contribution is -2.31. The van der Waals surface area contributed by atoms with E-state index in [1.165, 1.54) is 16.9 Å². The molecule has 0 spiro atoms. The van der Waals surface area contributed by atoms with Crippen LogP contribution in [0.3, 0.4) is 0 Å². The number of para-hydroxylation sites is 1. The van der Waals surface area contributed by atoms with E-state index >= 15 is 0 Å². The van der Waals surface area contributed by atoms with Crippen molar-refractivity contribution in [3.63, 3.8) is 0 Å². The number of Topliss-reactive ketones (excluding diaryl/α,β-unsaturated/α-hetero) is 1. The van der Waals surface area contributed by atoms with Gasteiger partial charge in [-0.2, -0.15) is 5.10 Å². The van der Waals surface area contributed by atoms with Crippen LogP contribution in [-0.2, 0) is 9.59 Å². The molecule has 2 bridgehead atoms. The minimum Gasteiger partial charge on any atom is -0.323 e. The highest BCUT2D eigenvalue weighted by Crippen LogP contribution is 2.46. The lowest BCUT2D eigenvalue weighted by molar-refractivity contribution is -0.130. The van der Waals surface area contributed by atoms with E-state index in [4.69, 9.17) is 0 Å². The Morgan fingerprint density at radius 3 is 2.87 bits per heavy atom. The molecule has 0 aliphatic heterocycles. The number of hydrogen-bond acceptors (Lipinski definition) is 3. The average molecular weight is 313 g/mol. The molecule has 1 unspecified atom stereocenters. The second-order valence-corrected chi connectivity index (χ2v) is 6.34. The molecule has 1 amide bonds. The third-order valence-corrected chi connectivity index (χ3v) is 4.85. The lowest BCUT2D eigenvalue weighted by Gasteiger charge is -2.19. The van der Waals surface area contributed by atoms with Crippen molar-refractivity contribution in [3.05, 3.63) is 42.5 Å². The van der Waals surface area contributed by atoms with Gasteiger partial charge in [-0.3, -0.25) is 9.59 Å². The zero-order valence-corrected chi connectivity index (χ0v) is 12.4. The molecule has 4 rings (SSSR count). The zero-order chi connectivity index (χ0) is 16.0. The van der Waals surface area contributed by atoms with Crippen LogP contribution in [-0.4, -0.2) is 21.5 Å². The van der Waals surface area contributed by atoms with Gasteiger partial charge in [-0.15, -0.1) is 0 Å². The number of rotatable bonds is 3. The summed E-state index contributed by atoms with van der Waals surface area (Å²) in [6.07, 6.45) is 5.31. The van der Waals surface area contributed by atoms with Crippen molar-refractivity contribution in [2.24, 2.45) is 17.8 Å². The third-order valence-electron chi connectivity index (χ3n) is 4.85. The number of hydrogen-bond donors (Lipinski definition) is 1. The highest BCUT2D eigenvalue weighted by Gasteiger charge is 2.48. The highest BCUT2D eigenvalue weighted by atomic mass is 19.1. The maximum absolute atomic E-state index is 13.8. The standard InChI is InChI=1S/C17H16FN3O2/c18-14-3-1-2-4-15(14)21-9-11(8-19-21)20-17(23)13-6-10-5-12(13)16(22)7-10/h1-4,8-10,12-13H,5-7H2,(H,20,23)/t10-,12+,13?/m0/s1. The summed E-state index contributed by atoms with van der Waals surface area (Å²) in [5.41, 5.74) is 0.830. The predicted octanol–water partition coefficient (Wildman–Crippen LogP) is 2.57. The van der Waals surface area contributed by atoms with Crippen molar-refractivity contribution < 1.29 is 14.0 Å². The summed E-state index contributed by atoms with van der Waals surface area (Å²) < 4.78 is 15.1. The smallest absolute Gasteiger partial charge is 0.228 e. The molecule has 1 aromatic heterocycles. The summed E-state index contributed by atoms with van der Waals surface area (Å²) in [5.74, 6) is -0.307. The van der Waals surface area contributed by atoms with E-state index in [-0.39, 0.29) is 29.3 Å². The van der Waals surface area contributed by atoms with Gasteiger partial charge in [0.15, 0.2) is 0 Å². The molecule has 1 aromatic carbocycles. The Hall–Kier alpha value is -2.50. The molecule has 2 fully saturated rings. The molecular formula is C17H16FN3O2. The minimum absolute atomic E-state index is 0.124. The maximum atomic E-state index is 13.8. The first-order chi connectivity index (χ1) is 11.1. The van der Waals surface area contributed by atoms with E-state index in [0.717, 1.165) is 12.8 Å². The fourth-order valence-corrected chi connectivity index (χ4v) is 3.78. The molecule has 1 N–H and O–H groups in total. The van der Waals surface area contributed by atoms with Crippen molar-refractivity contribution >= 4 is 17.4 Å². The van der Waals surface area contributed by atoms with Gasteiger partial charge >= 0.3 is 0 Å². The number of carbonyl (C=O) groups excluding carboxylic acids is 2. The number of aromatic nitrogens is 2. The number of nitrogens with zero attached hydrogens (tertiary/aromatic N) is 2. The Morgan fingerprint density at radius 2 is 2.13 bits per heavy atom. The topological polar surface area (TPSA) is 64.0 Å². The maximum Gasteiger partial charge on any atom is 0.228 e. The van der Waals surface area contributed by atoms with Gasteiger partial charge in [0.05, 0.1) is 18.1 Å². The van der Waals surface area contributed by atoms with Crippen LogP contribution >= 0.6 is 0 Å². The highest BCUT2D eigenvalue weighted by molar-refractivity contribution is 5.98. The van der Waals surface area contributed by atoms with Crippen LogP contribution < -0.4 is 5.32 Å². The fourth-order valence-electron chi connectivity index (χ4n) is 3.78. The van der Waals surface area contributed by atoms with Crippen molar-refractivity contribution in [2.45, 2.75) is 19.3 Å². The van der Waals surface area contributed by atoms with Crippen LogP contribution in [0.2, 0.25) is 0 Å². The quantitative estimate of drug-likeness (QED) is 0.947. The van der Waals surface area contributed by atoms with Gasteiger partial charge in [0.1, 0.15) is 17.3 Å². The van der Waals surface area contributed by atoms with E-state index in [0.29, 0.717) is 23.7 Å². The van der Waals surface area contributed by atoms with Gasteiger partial charge in [-0.1, -0.05) is 12.1 Å². The van der Waals surface area contributed by atoms with Crippen LogP contribution in [0, 0.1) is 23.6 Å². The van der Waals surface area contributed by atoms with E-state index < -0.39 is 0 Å². The number of nitrogens with one attached hydrogen (secondary N) is 1. The number of fused-ring (bicyclic) bond motifs is 2. The molecule has 0 radical (unpaired) electrons. The average Bonchev–Trinajstić information content (AvgIpc) is 3.22. The Morgan fingerprint density at radius 1 is 1.30 bits per heavy atom. The van der Waals surface area contributed by atoms with E-state index in [1.54, 1.807) is 24.4 Å². The van der Waals surface area contributed by atoms with Gasteiger partial charge in [-0.25, -0.2) is 9.07 Å². The van der Waals surface area contributed by atoms with Crippen LogP contribution in [0.1, 0.15) is 19.3 Å². The van der Waals surface area contributed by atoms with Crippen molar-refractivity contribution in [1.29, 1.82) is 0 Å². The summed E-state index contributed by atoms with van der Waals surface area (Å²) in [5, 5.41) is 6.89. The zero-order valence-electron chi connectivity index (χ0n) is 12.4. The van der Waals surface area contributed by atoms with Crippen LogP contribution in [0.4, 0.5) is 10.1 Å². The van der Waals surface area contributed by atoms with Crippen molar-refractivity contribution in [2.75, 3.05) is 5.32 Å². The summed E-state index contributed by atoms with van der Waals surface area (Å²) >= 11 is 0. The van der Waals surface area contributed by atoms with E-state index in [2.05, 4.69) is 10.4 Å². The largest absolute Gasteiger partial charge is 0.323 e. The second-order valence-electron chi connectivity index (χ2n) is 6.34. The minimum atomic E-state index is -0.382. The molecule has 2 aliphatic rings. The first-order valence-corrected chi connectivity index (χ1v) is 7.75. The predicted molar refractivity (Wildman–Crippen MR) is 81.5 cm³/mol. The third kappa shape index (κ3) is 2.44. The Kier molecular flexibility index (Phi) is 3.25. The van der Waals surface area contributed by atoms with Gasteiger partial charge in [0, 0.05) is 18.3 Å². The van der Waals surface area contributed by atoms with Crippen LogP contribution in [0.15, 0.2) is 36.7 Å². The molecule has 2 aliphatic carbocycles. The fraction of sp³-hybridized carbons (Fsp3) is 0.353. The van der Waals surface area contributed by atoms with Gasteiger partial charge < -0.3 is 5.32 Å². The Labute approximate surface area is 132 Å². The molecule has 0 saturated heterocycles. The van der Waals surface area contributed by atoms with E-state index in [1.807, 2.05) is 0 Å². The number of carbonyl (C=O) groups is 2. The van der Waals surface area contributed by atoms with Crippen molar-refractivity contribution in [1.82, 2.24) is 9.78 Å². The molecule has 23 heavy (non-hydrogen) atoms. The molecule has 5 nitrogen and oxygen atoms in total. The van der Waals surface area contributed by atoms with Gasteiger partial charge in [0.2, 0.25) is 5.91 Å². The number of anilines is 1. The molecule has 3 atom stereocenters. The number of halogens is 1. The first kappa shape index (κ1) is 14.1. The SMILES string of the molecule is O=C(Nc1cnn(-c2ccccc2F)c1)C1C[C@H]2CC(=O)[C@@H]1C2. The number of ketones is 1. The van der Waals surface area contributed by atoms with Crippen molar-refractivity contribution in [3.8, 4) is 5.69 Å². The van der Waals surface area contributed by atoms with Crippen LogP contribution in [0.25, 0.3) is 5.69 Å². The summed E-state index contributed by atoms with van der Waals surface area (Å²) in [4.78, 5) is 24.2. The number of benzene rings is 1. The van der Waals surface area contributed by atoms with E-state index in [9.17, 15) is 14.0 Å². The second kappa shape index (κ2) is 5.30. The lowest BCUT2D eigenvalue weighted by atomic mass is 9.87. The molecule has 2 saturated carbocycles. The molecule has 6 heteroatoms. The molecule has 1 heterocycles. The van der Waals surface area contributed by atoms with Gasteiger partial charge in [-0.05, 0) is 30.9 Å². The Bertz CT molecular complexity index is 786. The molecule has 118 valence electrons. The van der Waals surface area contributed by atoms with Crippen LogP contribution in [0.5, 0.6) is 0 Å². The summed E-state index contributed by atoms with van der Waals surface area (Å²) in [6.45, 7) is 0. The first-order valence-electron chi connectivity index (χ1n) is 7.75. The summed E-state index contributed by atoms with van der Waals surface area (Å²) in [6, 6.07) is 6.30. The van der Waals surface area contributed by atoms with Gasteiger partial charge in [0.25, 0.3) is 0 Å². The summed E-state index contributed by atoms with van der Waals surface area (Å²) in [7, 11) is 0. The Balaban J connectivity index is 1.49. The normalized spacial score (nSPS) is 25.8. The molecular weight excluding hydrogens is 297 g/mol. The molecule has 2 aromatic rings. The monoisotopic (exact) mass is 313 g/mol.